The lowest BCUT2D eigenvalue weighted by Gasteiger charge is -2.28. The minimum atomic E-state index is -0.972. The molecule has 0 aromatic heterocycles. The van der Waals surface area contributed by atoms with Crippen molar-refractivity contribution in [2.75, 3.05) is 30.9 Å². The Morgan fingerprint density at radius 2 is 1.68 bits per heavy atom. The third kappa shape index (κ3) is 9.79. The van der Waals surface area contributed by atoms with Gasteiger partial charge >= 0.3 is 6.09 Å². The van der Waals surface area contributed by atoms with Crippen molar-refractivity contribution in [2.45, 2.75) is 32.0 Å². The van der Waals surface area contributed by atoms with Crippen LogP contribution in [0.3, 0.4) is 0 Å². The molecule has 10 heteroatoms. The number of rotatable bonds is 14. The van der Waals surface area contributed by atoms with Gasteiger partial charge in [0.15, 0.2) is 6.10 Å². The molecule has 3 aromatic carbocycles. The number of anilines is 2. The molecule has 0 heterocycles. The molecule has 0 aliphatic carbocycles. The van der Waals surface area contributed by atoms with Crippen molar-refractivity contribution in [1.82, 2.24) is 5.32 Å². The number of ether oxygens (including phenoxy) is 3. The fourth-order valence-corrected chi connectivity index (χ4v) is 4.01. The quantitative estimate of drug-likeness (QED) is 0.164. The van der Waals surface area contributed by atoms with E-state index in [2.05, 4.69) is 10.6 Å². The molecule has 0 saturated heterocycles. The van der Waals surface area contributed by atoms with Gasteiger partial charge in [-0.3, -0.25) is 14.9 Å². The van der Waals surface area contributed by atoms with Gasteiger partial charge in [0.2, 0.25) is 5.91 Å². The number of benzene rings is 3. The first-order valence-electron chi connectivity index (χ1n) is 13.3. The summed E-state index contributed by atoms with van der Waals surface area (Å²) in [7, 11) is 0. The average molecular weight is 562 g/mol. The van der Waals surface area contributed by atoms with E-state index in [1.54, 1.807) is 84.9 Å². The summed E-state index contributed by atoms with van der Waals surface area (Å²) in [6.07, 6.45) is 1.27. The van der Waals surface area contributed by atoms with Gasteiger partial charge < -0.3 is 30.4 Å². The molecule has 0 bridgehead atoms. The van der Waals surface area contributed by atoms with E-state index in [0.29, 0.717) is 47.7 Å². The van der Waals surface area contributed by atoms with Crippen LogP contribution in [0.5, 0.6) is 5.75 Å². The summed E-state index contributed by atoms with van der Waals surface area (Å²) in [4.78, 5) is 37.8. The molecule has 5 N–H and O–H groups in total. The van der Waals surface area contributed by atoms with Crippen LogP contribution in [0.15, 0.2) is 91.0 Å². The Morgan fingerprint density at radius 3 is 2.41 bits per heavy atom. The number of para-hydroxylation sites is 3. The van der Waals surface area contributed by atoms with Crippen molar-refractivity contribution in [3.63, 3.8) is 0 Å². The maximum Gasteiger partial charge on any atom is 0.414 e. The number of carbonyl (C=O) groups is 3. The standard InChI is InChI=1S/C31H35N3O7/c1-2-39-27(18-10-11-19-28(36)33-25-16-8-7-15-24(25)32)29(23-14-6-9-17-26(23)40-21-20-35)41-31(38)34-30(37)22-12-4-3-5-13-22/h3-9,11-17,19,27,29,35H,2,10,18,20-21,32H2,1H3,(H,33,36)(H,34,37,38)/b19-11+/t27-,29-/m1/s1. The van der Waals surface area contributed by atoms with Gasteiger partial charge in [0.25, 0.3) is 5.91 Å². The number of allylic oxidation sites excluding steroid dienone is 1. The highest BCUT2D eigenvalue weighted by Crippen LogP contribution is 2.33. The lowest BCUT2D eigenvalue weighted by Crippen LogP contribution is -2.35. The number of nitrogen functional groups attached to an aromatic ring is 1. The molecule has 0 radical (unpaired) electrons. The van der Waals surface area contributed by atoms with E-state index in [-0.39, 0.29) is 19.1 Å². The first-order valence-corrected chi connectivity index (χ1v) is 13.3. The molecule has 0 spiro atoms. The Hall–Kier alpha value is -4.67. The van der Waals surface area contributed by atoms with Gasteiger partial charge in [0, 0.05) is 17.7 Å². The minimum absolute atomic E-state index is 0.0332. The Morgan fingerprint density at radius 1 is 0.976 bits per heavy atom. The SMILES string of the molecule is CCO[C@H](CC/C=C/C(=O)Nc1ccccc1N)[C@H](OC(=O)NC(=O)c1ccccc1)c1ccccc1OCCO. The van der Waals surface area contributed by atoms with E-state index >= 15 is 0 Å². The molecule has 2 atom stereocenters. The number of amides is 3. The zero-order valence-corrected chi connectivity index (χ0v) is 22.8. The van der Waals surface area contributed by atoms with Crippen molar-refractivity contribution in [2.24, 2.45) is 0 Å². The van der Waals surface area contributed by atoms with E-state index in [9.17, 15) is 19.5 Å². The smallest absolute Gasteiger partial charge is 0.414 e. The summed E-state index contributed by atoms with van der Waals surface area (Å²) in [5, 5.41) is 14.3. The molecule has 10 nitrogen and oxygen atoms in total. The van der Waals surface area contributed by atoms with Gasteiger partial charge in [0.05, 0.1) is 24.1 Å². The van der Waals surface area contributed by atoms with E-state index in [1.165, 1.54) is 6.08 Å². The number of hydrogen-bond donors (Lipinski definition) is 4. The molecule has 0 aliphatic rings. The van der Waals surface area contributed by atoms with Gasteiger partial charge in [-0.25, -0.2) is 4.79 Å². The van der Waals surface area contributed by atoms with Gasteiger partial charge in [-0.2, -0.15) is 0 Å². The number of alkyl carbamates (subject to hydrolysis) is 1. The molecular weight excluding hydrogens is 526 g/mol. The number of hydrogen-bond acceptors (Lipinski definition) is 8. The first-order chi connectivity index (χ1) is 19.9. The van der Waals surface area contributed by atoms with E-state index < -0.39 is 24.2 Å². The lowest BCUT2D eigenvalue weighted by molar-refractivity contribution is -0.111. The Labute approximate surface area is 239 Å². The number of nitrogens with one attached hydrogen (secondary N) is 2. The number of carbonyl (C=O) groups excluding carboxylic acids is 3. The highest BCUT2D eigenvalue weighted by atomic mass is 16.6. The van der Waals surface area contributed by atoms with Gasteiger partial charge in [0.1, 0.15) is 12.4 Å². The van der Waals surface area contributed by atoms with Crippen molar-refractivity contribution in [1.29, 1.82) is 0 Å². The monoisotopic (exact) mass is 561 g/mol. The normalized spacial score (nSPS) is 12.3. The highest BCUT2D eigenvalue weighted by Gasteiger charge is 2.30. The van der Waals surface area contributed by atoms with Crippen LogP contribution >= 0.6 is 0 Å². The molecule has 0 fully saturated rings. The summed E-state index contributed by atoms with van der Waals surface area (Å²) in [6, 6.07) is 22.2. The van der Waals surface area contributed by atoms with Crippen LogP contribution in [-0.2, 0) is 14.3 Å². The van der Waals surface area contributed by atoms with Gasteiger partial charge in [-0.05, 0) is 56.2 Å². The molecular formula is C31H35N3O7. The molecule has 3 rings (SSSR count). The van der Waals surface area contributed by atoms with Crippen LogP contribution < -0.4 is 21.1 Å². The Balaban J connectivity index is 1.76. The van der Waals surface area contributed by atoms with Crippen LogP contribution in [0.25, 0.3) is 0 Å². The summed E-state index contributed by atoms with van der Waals surface area (Å²) in [5.41, 5.74) is 7.65. The predicted octanol–water partition coefficient (Wildman–Crippen LogP) is 4.63. The number of aliphatic hydroxyl groups is 1. The summed E-state index contributed by atoms with van der Waals surface area (Å²) in [6.45, 7) is 1.95. The summed E-state index contributed by atoms with van der Waals surface area (Å²) in [5.74, 6) is -0.556. The zero-order valence-electron chi connectivity index (χ0n) is 22.8. The summed E-state index contributed by atoms with van der Waals surface area (Å²) < 4.78 is 17.4. The minimum Gasteiger partial charge on any atom is -0.491 e. The van der Waals surface area contributed by atoms with E-state index in [4.69, 9.17) is 19.9 Å². The number of aliphatic hydroxyl groups excluding tert-OH is 1. The molecule has 0 saturated carbocycles. The van der Waals surface area contributed by atoms with Crippen molar-refractivity contribution < 1.29 is 33.7 Å². The number of nitrogens with two attached hydrogens (primary N) is 1. The van der Waals surface area contributed by atoms with Crippen LogP contribution in [-0.4, -0.2) is 48.9 Å². The molecule has 41 heavy (non-hydrogen) atoms. The molecule has 3 amide bonds. The van der Waals surface area contributed by atoms with Crippen LogP contribution in [0.1, 0.15) is 41.8 Å². The largest absolute Gasteiger partial charge is 0.491 e. The van der Waals surface area contributed by atoms with Crippen LogP contribution in [0, 0.1) is 0 Å². The van der Waals surface area contributed by atoms with Crippen LogP contribution in [0.2, 0.25) is 0 Å². The maximum atomic E-state index is 12.9. The fraction of sp³-hybridized carbons (Fsp3) is 0.258. The van der Waals surface area contributed by atoms with Crippen molar-refractivity contribution in [3.05, 3.63) is 102 Å². The van der Waals surface area contributed by atoms with Crippen molar-refractivity contribution >= 4 is 29.3 Å². The lowest BCUT2D eigenvalue weighted by atomic mass is 9.99. The third-order valence-electron chi connectivity index (χ3n) is 5.88. The van der Waals surface area contributed by atoms with Crippen molar-refractivity contribution in [3.8, 4) is 5.75 Å². The van der Waals surface area contributed by atoms with E-state index in [1.807, 2.05) is 6.92 Å². The second-order valence-corrected chi connectivity index (χ2v) is 8.81. The molecule has 3 aromatic rings. The molecule has 0 aliphatic heterocycles. The zero-order chi connectivity index (χ0) is 29.5. The molecule has 0 unspecified atom stereocenters. The maximum absolute atomic E-state index is 12.9. The number of imide groups is 1. The van der Waals surface area contributed by atoms with Gasteiger partial charge in [-0.1, -0.05) is 54.6 Å². The fourth-order valence-electron chi connectivity index (χ4n) is 4.01. The Kier molecular flexibility index (Phi) is 12.4. The topological polar surface area (TPSA) is 149 Å². The van der Waals surface area contributed by atoms with E-state index in [0.717, 1.165) is 0 Å². The summed E-state index contributed by atoms with van der Waals surface area (Å²) >= 11 is 0. The van der Waals surface area contributed by atoms with Crippen LogP contribution in [0.4, 0.5) is 16.2 Å². The highest BCUT2D eigenvalue weighted by molar-refractivity contribution is 6.03. The average Bonchev–Trinajstić information content (AvgIpc) is 2.98. The molecule has 216 valence electrons. The third-order valence-corrected chi connectivity index (χ3v) is 5.88. The second-order valence-electron chi connectivity index (χ2n) is 8.81. The second kappa shape index (κ2) is 16.4. The first kappa shape index (κ1) is 30.9. The van der Waals surface area contributed by atoms with Gasteiger partial charge in [-0.15, -0.1) is 0 Å². The Bertz CT molecular complexity index is 1310. The predicted molar refractivity (Wildman–Crippen MR) is 155 cm³/mol.